The molecule has 0 bridgehead atoms. The van der Waals surface area contributed by atoms with Gasteiger partial charge >= 0.3 is 0 Å². The van der Waals surface area contributed by atoms with Crippen LogP contribution >= 0.6 is 0 Å². The lowest BCUT2D eigenvalue weighted by atomic mass is 9.88. The monoisotopic (exact) mass is 213 g/mol. The van der Waals surface area contributed by atoms with Crippen LogP contribution in [0.15, 0.2) is 0 Å². The molecule has 0 radical (unpaired) electrons. The number of hydrogen-bond acceptors (Lipinski definition) is 2. The topological polar surface area (TPSA) is 21.3 Å². The van der Waals surface area contributed by atoms with Crippen LogP contribution in [0.25, 0.3) is 0 Å². The smallest absolute Gasteiger partial charge is 0.0465 e. The fraction of sp³-hybridized carbons (Fsp3) is 1.00. The van der Waals surface area contributed by atoms with E-state index in [1.54, 1.807) is 0 Å². The second kappa shape index (κ2) is 8.12. The van der Waals surface area contributed by atoms with Gasteiger partial charge in [0.15, 0.2) is 0 Å². The van der Waals surface area contributed by atoms with Crippen molar-refractivity contribution in [3.63, 3.8) is 0 Å². The minimum absolute atomic E-state index is 0.846. The Morgan fingerprint density at radius 1 is 1.33 bits per heavy atom. The van der Waals surface area contributed by atoms with Gasteiger partial charge in [0.1, 0.15) is 0 Å². The summed E-state index contributed by atoms with van der Waals surface area (Å²) in [5, 5.41) is 3.57. The highest BCUT2D eigenvalue weighted by atomic mass is 16.5. The molecule has 1 unspecified atom stereocenters. The van der Waals surface area contributed by atoms with Crippen molar-refractivity contribution in [2.45, 2.75) is 45.4 Å². The van der Waals surface area contributed by atoms with Gasteiger partial charge in [-0.2, -0.15) is 0 Å². The molecule has 1 aliphatic rings. The molecule has 0 heterocycles. The third-order valence-electron chi connectivity index (χ3n) is 3.59. The highest BCUT2D eigenvalue weighted by Crippen LogP contribution is 2.32. The van der Waals surface area contributed by atoms with E-state index in [1.165, 1.54) is 45.1 Å². The molecule has 1 saturated carbocycles. The van der Waals surface area contributed by atoms with Crippen LogP contribution in [0.2, 0.25) is 0 Å². The van der Waals surface area contributed by atoms with E-state index < -0.39 is 0 Å². The molecule has 90 valence electrons. The van der Waals surface area contributed by atoms with Gasteiger partial charge in [0.25, 0.3) is 0 Å². The third-order valence-corrected chi connectivity index (χ3v) is 3.59. The molecule has 0 aromatic rings. The Balaban J connectivity index is 2.23. The average Bonchev–Trinajstić information content (AvgIpc) is 2.76. The second-order valence-corrected chi connectivity index (χ2v) is 4.79. The van der Waals surface area contributed by atoms with E-state index in [1.807, 2.05) is 7.11 Å². The zero-order valence-corrected chi connectivity index (χ0v) is 10.4. The van der Waals surface area contributed by atoms with E-state index in [0.29, 0.717) is 0 Å². The summed E-state index contributed by atoms with van der Waals surface area (Å²) in [6, 6.07) is 0. The van der Waals surface area contributed by atoms with Gasteiger partial charge in [-0.15, -0.1) is 0 Å². The van der Waals surface area contributed by atoms with Gasteiger partial charge in [-0.1, -0.05) is 32.6 Å². The summed E-state index contributed by atoms with van der Waals surface area (Å²) < 4.78 is 5.21. The highest BCUT2D eigenvalue weighted by molar-refractivity contribution is 4.77. The largest absolute Gasteiger partial charge is 0.385 e. The van der Waals surface area contributed by atoms with Gasteiger partial charge in [-0.25, -0.2) is 0 Å². The number of nitrogens with one attached hydrogen (secondary N) is 1. The van der Waals surface area contributed by atoms with Gasteiger partial charge < -0.3 is 10.1 Å². The summed E-state index contributed by atoms with van der Waals surface area (Å²) in [6.07, 6.45) is 8.26. The summed E-state index contributed by atoms with van der Waals surface area (Å²) in [5.74, 6) is 1.81. The third kappa shape index (κ3) is 4.98. The number of methoxy groups -OCH3 is 1. The van der Waals surface area contributed by atoms with Gasteiger partial charge in [0, 0.05) is 13.7 Å². The van der Waals surface area contributed by atoms with Gasteiger partial charge in [-0.05, 0) is 37.8 Å². The zero-order chi connectivity index (χ0) is 10.9. The van der Waals surface area contributed by atoms with Crippen LogP contribution in [0.3, 0.4) is 0 Å². The first kappa shape index (κ1) is 13.0. The molecule has 0 saturated heterocycles. The van der Waals surface area contributed by atoms with Crippen molar-refractivity contribution in [3.05, 3.63) is 0 Å². The summed E-state index contributed by atoms with van der Waals surface area (Å²) in [7, 11) is 1.81. The first-order valence-corrected chi connectivity index (χ1v) is 6.58. The fourth-order valence-electron chi connectivity index (χ4n) is 2.67. The summed E-state index contributed by atoms with van der Waals surface area (Å²) in [5.41, 5.74) is 0. The summed E-state index contributed by atoms with van der Waals surface area (Å²) in [6.45, 7) is 5.51. The minimum atomic E-state index is 0.846. The van der Waals surface area contributed by atoms with Crippen molar-refractivity contribution in [1.82, 2.24) is 5.32 Å². The Morgan fingerprint density at radius 3 is 2.67 bits per heavy atom. The van der Waals surface area contributed by atoms with E-state index in [0.717, 1.165) is 25.0 Å². The zero-order valence-electron chi connectivity index (χ0n) is 10.4. The molecule has 0 spiro atoms. The van der Waals surface area contributed by atoms with Crippen LogP contribution < -0.4 is 5.32 Å². The molecule has 15 heavy (non-hydrogen) atoms. The molecule has 0 amide bonds. The van der Waals surface area contributed by atoms with Crippen molar-refractivity contribution in [3.8, 4) is 0 Å². The standard InChI is InChI=1S/C13H27NO/c1-3-9-14-11-13(8-10-15-2)12-6-4-5-7-12/h12-14H,3-11H2,1-2H3. The van der Waals surface area contributed by atoms with Crippen molar-refractivity contribution in [1.29, 1.82) is 0 Å². The van der Waals surface area contributed by atoms with Crippen molar-refractivity contribution in [2.24, 2.45) is 11.8 Å². The SMILES string of the molecule is CCCNCC(CCOC)C1CCCC1. The van der Waals surface area contributed by atoms with E-state index in [2.05, 4.69) is 12.2 Å². The van der Waals surface area contributed by atoms with Gasteiger partial charge in [0.05, 0.1) is 0 Å². The van der Waals surface area contributed by atoms with E-state index in [4.69, 9.17) is 4.74 Å². The van der Waals surface area contributed by atoms with Crippen LogP contribution in [-0.2, 0) is 4.74 Å². The molecule has 2 nitrogen and oxygen atoms in total. The second-order valence-electron chi connectivity index (χ2n) is 4.79. The molecule has 1 N–H and O–H groups in total. The van der Waals surface area contributed by atoms with Crippen LogP contribution in [0, 0.1) is 11.8 Å². The number of rotatable bonds is 8. The summed E-state index contributed by atoms with van der Waals surface area (Å²) >= 11 is 0. The molecule has 2 heteroatoms. The highest BCUT2D eigenvalue weighted by Gasteiger charge is 2.24. The molecular weight excluding hydrogens is 186 g/mol. The van der Waals surface area contributed by atoms with E-state index >= 15 is 0 Å². The fourth-order valence-corrected chi connectivity index (χ4v) is 2.67. The van der Waals surface area contributed by atoms with Crippen LogP contribution in [0.1, 0.15) is 45.4 Å². The molecule has 1 rings (SSSR count). The Labute approximate surface area is 94.8 Å². The Kier molecular flexibility index (Phi) is 7.03. The lowest BCUT2D eigenvalue weighted by Crippen LogP contribution is -2.28. The van der Waals surface area contributed by atoms with Crippen molar-refractivity contribution in [2.75, 3.05) is 26.8 Å². The minimum Gasteiger partial charge on any atom is -0.385 e. The van der Waals surface area contributed by atoms with E-state index in [-0.39, 0.29) is 0 Å². The lowest BCUT2D eigenvalue weighted by molar-refractivity contribution is 0.159. The first-order valence-electron chi connectivity index (χ1n) is 6.58. The lowest BCUT2D eigenvalue weighted by Gasteiger charge is -2.23. The predicted octanol–water partition coefficient (Wildman–Crippen LogP) is 2.83. The quantitative estimate of drug-likeness (QED) is 0.626. The Bertz CT molecular complexity index is 143. The van der Waals surface area contributed by atoms with Crippen molar-refractivity contribution >= 4 is 0 Å². The maximum atomic E-state index is 5.21. The molecule has 0 aromatic carbocycles. The maximum absolute atomic E-state index is 5.21. The summed E-state index contributed by atoms with van der Waals surface area (Å²) in [4.78, 5) is 0. The normalized spacial score (nSPS) is 19.6. The van der Waals surface area contributed by atoms with Crippen LogP contribution in [-0.4, -0.2) is 26.8 Å². The average molecular weight is 213 g/mol. The molecule has 0 aliphatic heterocycles. The molecule has 0 aromatic heterocycles. The first-order chi connectivity index (χ1) is 7.38. The number of hydrogen-bond donors (Lipinski definition) is 1. The Hall–Kier alpha value is -0.0800. The van der Waals surface area contributed by atoms with Gasteiger partial charge in [-0.3, -0.25) is 0 Å². The van der Waals surface area contributed by atoms with E-state index in [9.17, 15) is 0 Å². The Morgan fingerprint density at radius 2 is 2.07 bits per heavy atom. The van der Waals surface area contributed by atoms with Crippen molar-refractivity contribution < 1.29 is 4.74 Å². The molecule has 1 aliphatic carbocycles. The van der Waals surface area contributed by atoms with Crippen LogP contribution in [0.5, 0.6) is 0 Å². The molecule has 1 fully saturated rings. The molecule has 1 atom stereocenters. The van der Waals surface area contributed by atoms with Crippen LogP contribution in [0.4, 0.5) is 0 Å². The molecular formula is C13H27NO. The maximum Gasteiger partial charge on any atom is 0.0465 e. The number of ether oxygens (including phenoxy) is 1. The van der Waals surface area contributed by atoms with Gasteiger partial charge in [0.2, 0.25) is 0 Å². The predicted molar refractivity (Wildman–Crippen MR) is 65.1 cm³/mol.